The minimum absolute atomic E-state index is 0.0413. The quantitative estimate of drug-likeness (QED) is 0.706. The molecule has 0 fully saturated rings. The zero-order valence-corrected chi connectivity index (χ0v) is 15.5. The first-order valence-electron chi connectivity index (χ1n) is 8.62. The Hall–Kier alpha value is -3.09. The van der Waals surface area contributed by atoms with E-state index in [1.165, 1.54) is 17.0 Å². The van der Waals surface area contributed by atoms with Gasteiger partial charge in [-0.3, -0.25) is 9.59 Å². The van der Waals surface area contributed by atoms with Crippen LogP contribution in [-0.4, -0.2) is 50.5 Å². The molecule has 2 N–H and O–H groups in total. The van der Waals surface area contributed by atoms with Gasteiger partial charge in [0, 0.05) is 32.4 Å². The van der Waals surface area contributed by atoms with Crippen molar-refractivity contribution in [3.05, 3.63) is 59.9 Å². The molecule has 2 amide bonds. The molecule has 0 aliphatic rings. The maximum absolute atomic E-state index is 12.8. The number of rotatable bonds is 9. The maximum Gasteiger partial charge on any atom is 0.259 e. The highest BCUT2D eigenvalue weighted by Gasteiger charge is 2.06. The fourth-order valence-electron chi connectivity index (χ4n) is 2.21. The van der Waals surface area contributed by atoms with E-state index in [2.05, 4.69) is 10.6 Å². The number of nitrogens with zero attached hydrogens (tertiary/aromatic N) is 1. The van der Waals surface area contributed by atoms with Crippen molar-refractivity contribution in [3.63, 3.8) is 0 Å². The molecular formula is C20H24FN3O3. The summed E-state index contributed by atoms with van der Waals surface area (Å²) >= 11 is 0. The number of carbonyl (C=O) groups excluding carboxylic acids is 2. The summed E-state index contributed by atoms with van der Waals surface area (Å²) in [4.78, 5) is 24.9. The molecule has 6 nitrogen and oxygen atoms in total. The van der Waals surface area contributed by atoms with Gasteiger partial charge in [-0.2, -0.15) is 0 Å². The monoisotopic (exact) mass is 373 g/mol. The average Bonchev–Trinajstić information content (AvgIpc) is 2.66. The first kappa shape index (κ1) is 20.2. The number of hydrogen-bond acceptors (Lipinski definition) is 4. The predicted molar refractivity (Wildman–Crippen MR) is 102 cm³/mol. The minimum atomic E-state index is -0.274. The Morgan fingerprint density at radius 2 is 1.85 bits per heavy atom. The van der Waals surface area contributed by atoms with Crippen molar-refractivity contribution in [2.45, 2.75) is 6.42 Å². The lowest BCUT2D eigenvalue weighted by atomic mass is 10.1. The SMILES string of the molecule is CN(C)C(=O)COc1cccc(NCC(=O)NCCc2ccc(F)cc2)c1. The molecule has 0 aliphatic heterocycles. The van der Waals surface area contributed by atoms with E-state index in [0.29, 0.717) is 18.7 Å². The average molecular weight is 373 g/mol. The van der Waals surface area contributed by atoms with E-state index in [1.54, 1.807) is 44.4 Å². The molecular weight excluding hydrogens is 349 g/mol. The highest BCUT2D eigenvalue weighted by molar-refractivity contribution is 5.80. The largest absolute Gasteiger partial charge is 0.484 e. The molecule has 2 aromatic carbocycles. The summed E-state index contributed by atoms with van der Waals surface area (Å²) in [5.41, 5.74) is 1.68. The molecule has 0 aromatic heterocycles. The summed E-state index contributed by atoms with van der Waals surface area (Å²) < 4.78 is 18.3. The fraction of sp³-hybridized carbons (Fsp3) is 0.300. The van der Waals surface area contributed by atoms with Crippen molar-refractivity contribution in [2.75, 3.05) is 39.1 Å². The number of amides is 2. The van der Waals surface area contributed by atoms with Crippen molar-refractivity contribution in [3.8, 4) is 5.75 Å². The first-order valence-corrected chi connectivity index (χ1v) is 8.62. The van der Waals surface area contributed by atoms with Crippen LogP contribution in [0.25, 0.3) is 0 Å². The number of benzene rings is 2. The topological polar surface area (TPSA) is 70.7 Å². The van der Waals surface area contributed by atoms with E-state index in [4.69, 9.17) is 4.74 Å². The molecule has 2 aromatic rings. The number of carbonyl (C=O) groups is 2. The van der Waals surface area contributed by atoms with Gasteiger partial charge >= 0.3 is 0 Å². The number of halogens is 1. The fourth-order valence-corrected chi connectivity index (χ4v) is 2.21. The zero-order chi connectivity index (χ0) is 19.6. The molecule has 2 rings (SSSR count). The highest BCUT2D eigenvalue weighted by Crippen LogP contribution is 2.17. The molecule has 0 radical (unpaired) electrons. The molecule has 0 saturated heterocycles. The summed E-state index contributed by atoms with van der Waals surface area (Å²) in [5, 5.41) is 5.82. The van der Waals surface area contributed by atoms with E-state index in [9.17, 15) is 14.0 Å². The maximum atomic E-state index is 12.8. The van der Waals surface area contributed by atoms with E-state index in [1.807, 2.05) is 6.07 Å². The third-order valence-corrected chi connectivity index (χ3v) is 3.80. The number of hydrogen-bond donors (Lipinski definition) is 2. The lowest BCUT2D eigenvalue weighted by Gasteiger charge is -2.12. The first-order chi connectivity index (χ1) is 12.9. The van der Waals surface area contributed by atoms with E-state index < -0.39 is 0 Å². The van der Waals surface area contributed by atoms with Crippen molar-refractivity contribution in [2.24, 2.45) is 0 Å². The molecule has 0 aliphatic carbocycles. The summed E-state index contributed by atoms with van der Waals surface area (Å²) in [5.74, 6) is -0.00342. The van der Waals surface area contributed by atoms with E-state index in [-0.39, 0.29) is 30.8 Å². The zero-order valence-electron chi connectivity index (χ0n) is 15.5. The molecule has 0 spiro atoms. The molecule has 144 valence electrons. The van der Waals surface area contributed by atoms with Gasteiger partial charge in [-0.15, -0.1) is 0 Å². The second-order valence-electron chi connectivity index (χ2n) is 6.18. The second-order valence-corrected chi connectivity index (χ2v) is 6.18. The van der Waals surface area contributed by atoms with Gasteiger partial charge in [0.15, 0.2) is 6.61 Å². The third-order valence-electron chi connectivity index (χ3n) is 3.80. The molecule has 0 heterocycles. The smallest absolute Gasteiger partial charge is 0.259 e. The van der Waals surface area contributed by atoms with Crippen LogP contribution < -0.4 is 15.4 Å². The number of likely N-dealkylation sites (N-methyl/N-ethyl adjacent to an activating group) is 1. The van der Waals surface area contributed by atoms with Gasteiger partial charge in [0.1, 0.15) is 11.6 Å². The summed E-state index contributed by atoms with van der Waals surface area (Å²) in [6.07, 6.45) is 0.634. The van der Waals surface area contributed by atoms with Gasteiger partial charge in [-0.05, 0) is 36.2 Å². The van der Waals surface area contributed by atoms with E-state index >= 15 is 0 Å². The van der Waals surface area contributed by atoms with Gasteiger partial charge in [0.25, 0.3) is 5.91 Å². The Bertz CT molecular complexity index is 763. The highest BCUT2D eigenvalue weighted by atomic mass is 19.1. The molecule has 7 heteroatoms. The number of anilines is 1. The van der Waals surface area contributed by atoms with Crippen molar-refractivity contribution < 1.29 is 18.7 Å². The molecule has 0 bridgehead atoms. The van der Waals surface area contributed by atoms with Crippen LogP contribution in [-0.2, 0) is 16.0 Å². The van der Waals surface area contributed by atoms with Crippen LogP contribution in [0.5, 0.6) is 5.75 Å². The van der Waals surface area contributed by atoms with Crippen LogP contribution in [0.3, 0.4) is 0 Å². The number of nitrogens with one attached hydrogen (secondary N) is 2. The Labute approximate surface area is 158 Å². The minimum Gasteiger partial charge on any atom is -0.484 e. The standard InChI is InChI=1S/C20H24FN3O3/c1-24(2)20(26)14-27-18-5-3-4-17(12-18)23-13-19(25)22-11-10-15-6-8-16(21)9-7-15/h3-9,12,23H,10-11,13-14H2,1-2H3,(H,22,25). The van der Waals surface area contributed by atoms with Crippen molar-refractivity contribution in [1.82, 2.24) is 10.2 Å². The Morgan fingerprint density at radius 1 is 1.11 bits per heavy atom. The Morgan fingerprint density at radius 3 is 2.56 bits per heavy atom. The molecule has 0 unspecified atom stereocenters. The normalized spacial score (nSPS) is 10.2. The van der Waals surface area contributed by atoms with Crippen LogP contribution in [0.15, 0.2) is 48.5 Å². The molecule has 0 atom stereocenters. The van der Waals surface area contributed by atoms with Gasteiger partial charge < -0.3 is 20.3 Å². The van der Waals surface area contributed by atoms with Crippen LogP contribution >= 0.6 is 0 Å². The third kappa shape index (κ3) is 7.35. The van der Waals surface area contributed by atoms with Gasteiger partial charge in [-0.1, -0.05) is 18.2 Å². The van der Waals surface area contributed by atoms with Crippen LogP contribution in [0.1, 0.15) is 5.56 Å². The summed E-state index contributed by atoms with van der Waals surface area (Å²) in [6, 6.07) is 13.3. The Kier molecular flexibility index (Phi) is 7.61. The summed E-state index contributed by atoms with van der Waals surface area (Å²) in [6.45, 7) is 0.547. The van der Waals surface area contributed by atoms with Gasteiger partial charge in [0.05, 0.1) is 6.54 Å². The van der Waals surface area contributed by atoms with Crippen molar-refractivity contribution >= 4 is 17.5 Å². The van der Waals surface area contributed by atoms with Crippen molar-refractivity contribution in [1.29, 1.82) is 0 Å². The Balaban J connectivity index is 1.72. The van der Waals surface area contributed by atoms with Crippen LogP contribution in [0, 0.1) is 5.82 Å². The lowest BCUT2D eigenvalue weighted by molar-refractivity contribution is -0.130. The second kappa shape index (κ2) is 10.2. The van der Waals surface area contributed by atoms with Gasteiger partial charge in [0.2, 0.25) is 5.91 Å². The molecule has 27 heavy (non-hydrogen) atoms. The number of ether oxygens (including phenoxy) is 1. The molecule has 0 saturated carbocycles. The van der Waals surface area contributed by atoms with Crippen LogP contribution in [0.2, 0.25) is 0 Å². The lowest BCUT2D eigenvalue weighted by Crippen LogP contribution is -2.31. The van der Waals surface area contributed by atoms with Gasteiger partial charge in [-0.25, -0.2) is 4.39 Å². The summed E-state index contributed by atoms with van der Waals surface area (Å²) in [7, 11) is 3.33. The van der Waals surface area contributed by atoms with Crippen LogP contribution in [0.4, 0.5) is 10.1 Å². The van der Waals surface area contributed by atoms with E-state index in [0.717, 1.165) is 11.3 Å². The predicted octanol–water partition coefficient (Wildman–Crippen LogP) is 2.06.